The number of rotatable bonds is 3. The van der Waals surface area contributed by atoms with Gasteiger partial charge in [0.2, 0.25) is 5.91 Å². The van der Waals surface area contributed by atoms with Gasteiger partial charge >= 0.3 is 6.03 Å². The lowest BCUT2D eigenvalue weighted by atomic mass is 10.1. The lowest BCUT2D eigenvalue weighted by Crippen LogP contribution is -2.44. The first-order valence-electron chi connectivity index (χ1n) is 6.35. The number of halogens is 1. The number of aromatic nitrogens is 1. The van der Waals surface area contributed by atoms with E-state index in [2.05, 4.69) is 20.9 Å². The van der Waals surface area contributed by atoms with E-state index in [0.29, 0.717) is 16.2 Å². The van der Waals surface area contributed by atoms with E-state index in [1.807, 2.05) is 6.07 Å². The molecule has 3 amide bonds. The van der Waals surface area contributed by atoms with Crippen molar-refractivity contribution in [1.82, 2.24) is 15.6 Å². The number of carbonyl (C=O) groups is 2. The number of anilines is 1. The van der Waals surface area contributed by atoms with Gasteiger partial charge in [0, 0.05) is 18.6 Å². The third-order valence-corrected chi connectivity index (χ3v) is 3.28. The number of benzene rings is 1. The average Bonchev–Trinajstić information content (AvgIpc) is 2.50. The van der Waals surface area contributed by atoms with E-state index in [1.165, 1.54) is 7.05 Å². The molecule has 0 aliphatic carbocycles. The molecule has 21 heavy (non-hydrogen) atoms. The second-order valence-electron chi connectivity index (χ2n) is 4.43. The van der Waals surface area contributed by atoms with Crippen LogP contribution in [-0.2, 0) is 4.79 Å². The molecule has 6 nitrogen and oxygen atoms in total. The maximum Gasteiger partial charge on any atom is 0.321 e. The fourth-order valence-corrected chi connectivity index (χ4v) is 2.05. The molecule has 0 saturated carbocycles. The van der Waals surface area contributed by atoms with Crippen molar-refractivity contribution < 1.29 is 9.59 Å². The van der Waals surface area contributed by atoms with Crippen LogP contribution in [0.15, 0.2) is 30.5 Å². The summed E-state index contributed by atoms with van der Waals surface area (Å²) in [4.78, 5) is 27.2. The summed E-state index contributed by atoms with van der Waals surface area (Å²) in [7, 11) is 1.44. The topological polar surface area (TPSA) is 83.1 Å². The minimum atomic E-state index is -0.603. The van der Waals surface area contributed by atoms with Gasteiger partial charge in [-0.3, -0.25) is 15.1 Å². The predicted molar refractivity (Wildman–Crippen MR) is 82.4 cm³/mol. The van der Waals surface area contributed by atoms with Crippen LogP contribution in [0.4, 0.5) is 10.5 Å². The number of urea groups is 1. The van der Waals surface area contributed by atoms with Gasteiger partial charge in [0.05, 0.1) is 16.2 Å². The molecule has 110 valence electrons. The molecule has 0 radical (unpaired) electrons. The van der Waals surface area contributed by atoms with Crippen LogP contribution < -0.4 is 16.0 Å². The van der Waals surface area contributed by atoms with Crippen molar-refractivity contribution in [3.8, 4) is 0 Å². The number of fused-ring (bicyclic) bond motifs is 1. The maximum absolute atomic E-state index is 11.8. The third-order valence-electron chi connectivity index (χ3n) is 2.95. The summed E-state index contributed by atoms with van der Waals surface area (Å²) in [5.74, 6) is -0.437. The third kappa shape index (κ3) is 3.41. The number of nitrogens with zero attached hydrogens (tertiary/aromatic N) is 1. The summed E-state index contributed by atoms with van der Waals surface area (Å²) in [6, 6.07) is 5.98. The summed E-state index contributed by atoms with van der Waals surface area (Å²) >= 11 is 6.12. The van der Waals surface area contributed by atoms with E-state index < -0.39 is 18.0 Å². The summed E-state index contributed by atoms with van der Waals surface area (Å²) in [6.07, 6.45) is 1.65. The van der Waals surface area contributed by atoms with E-state index >= 15 is 0 Å². The quantitative estimate of drug-likeness (QED) is 0.811. The van der Waals surface area contributed by atoms with Gasteiger partial charge in [-0.2, -0.15) is 0 Å². The molecule has 0 spiro atoms. The van der Waals surface area contributed by atoms with Crippen LogP contribution in [0.1, 0.15) is 6.92 Å². The van der Waals surface area contributed by atoms with E-state index in [9.17, 15) is 9.59 Å². The lowest BCUT2D eigenvalue weighted by Gasteiger charge is -2.16. The molecule has 0 aliphatic rings. The first-order valence-corrected chi connectivity index (χ1v) is 6.73. The standard InChI is InChI=1S/C14H15ClN4O2/c1-8(13(20)19-14(21)16-2)18-11-6-5-10(15)9-4-3-7-17-12(9)11/h3-8,18H,1-2H3,(H2,16,19,20,21). The molecule has 0 bridgehead atoms. The zero-order valence-electron chi connectivity index (χ0n) is 11.6. The summed E-state index contributed by atoms with van der Waals surface area (Å²) < 4.78 is 0. The number of pyridine rings is 1. The van der Waals surface area contributed by atoms with Gasteiger partial charge in [0.15, 0.2) is 0 Å². The fourth-order valence-electron chi connectivity index (χ4n) is 1.84. The normalized spacial score (nSPS) is 11.8. The number of imide groups is 1. The van der Waals surface area contributed by atoms with Crippen molar-refractivity contribution in [3.63, 3.8) is 0 Å². The molecule has 1 unspecified atom stereocenters. The minimum Gasteiger partial charge on any atom is -0.372 e. The van der Waals surface area contributed by atoms with Crippen LogP contribution >= 0.6 is 11.6 Å². The van der Waals surface area contributed by atoms with E-state index in [-0.39, 0.29) is 0 Å². The Labute approximate surface area is 126 Å². The van der Waals surface area contributed by atoms with Gasteiger partial charge in [-0.1, -0.05) is 11.6 Å². The largest absolute Gasteiger partial charge is 0.372 e. The Kier molecular flexibility index (Phi) is 4.59. The fraction of sp³-hybridized carbons (Fsp3) is 0.214. The Bertz CT molecular complexity index is 690. The molecule has 0 saturated heterocycles. The molecule has 0 aliphatic heterocycles. The molecule has 1 atom stereocenters. The van der Waals surface area contributed by atoms with Crippen LogP contribution in [0.2, 0.25) is 5.02 Å². The summed E-state index contributed by atoms with van der Waals surface area (Å²) in [6.45, 7) is 1.65. The van der Waals surface area contributed by atoms with Crippen LogP contribution in [-0.4, -0.2) is 30.0 Å². The maximum atomic E-state index is 11.8. The zero-order valence-corrected chi connectivity index (χ0v) is 12.4. The van der Waals surface area contributed by atoms with E-state index in [0.717, 1.165) is 5.39 Å². The molecule has 1 aromatic heterocycles. The molecule has 7 heteroatoms. The Morgan fingerprint density at radius 3 is 2.76 bits per heavy atom. The zero-order chi connectivity index (χ0) is 15.4. The Balaban J connectivity index is 2.22. The summed E-state index contributed by atoms with van der Waals surface area (Å²) in [5.41, 5.74) is 1.35. The van der Waals surface area contributed by atoms with Crippen molar-refractivity contribution >= 4 is 40.1 Å². The van der Waals surface area contributed by atoms with Gasteiger partial charge in [-0.15, -0.1) is 0 Å². The predicted octanol–water partition coefficient (Wildman–Crippen LogP) is 2.14. The van der Waals surface area contributed by atoms with E-state index in [4.69, 9.17) is 11.6 Å². The second-order valence-corrected chi connectivity index (χ2v) is 4.84. The van der Waals surface area contributed by atoms with Crippen LogP contribution in [0, 0.1) is 0 Å². The van der Waals surface area contributed by atoms with Crippen molar-refractivity contribution in [3.05, 3.63) is 35.5 Å². The SMILES string of the molecule is CNC(=O)NC(=O)C(C)Nc1ccc(Cl)c2cccnc12. The molecule has 0 fully saturated rings. The Morgan fingerprint density at radius 1 is 1.29 bits per heavy atom. The monoisotopic (exact) mass is 306 g/mol. The van der Waals surface area contributed by atoms with Crippen molar-refractivity contribution in [1.29, 1.82) is 0 Å². The van der Waals surface area contributed by atoms with Gasteiger partial charge < -0.3 is 10.6 Å². The van der Waals surface area contributed by atoms with Gasteiger partial charge in [0.25, 0.3) is 0 Å². The molecular formula is C14H15ClN4O2. The summed E-state index contributed by atoms with van der Waals surface area (Å²) in [5, 5.41) is 8.95. The van der Waals surface area contributed by atoms with Gasteiger partial charge in [0.1, 0.15) is 6.04 Å². The number of hydrogen-bond acceptors (Lipinski definition) is 4. The number of amides is 3. The first-order chi connectivity index (χ1) is 10.0. The van der Waals surface area contributed by atoms with Crippen LogP contribution in [0.5, 0.6) is 0 Å². The molecule has 2 rings (SSSR count). The minimum absolute atomic E-state index is 0.437. The molecule has 2 aromatic rings. The Hall–Kier alpha value is -2.34. The smallest absolute Gasteiger partial charge is 0.321 e. The second kappa shape index (κ2) is 6.41. The van der Waals surface area contributed by atoms with Gasteiger partial charge in [-0.05, 0) is 31.2 Å². The average molecular weight is 307 g/mol. The Morgan fingerprint density at radius 2 is 2.05 bits per heavy atom. The van der Waals surface area contributed by atoms with Crippen LogP contribution in [0.25, 0.3) is 10.9 Å². The molecular weight excluding hydrogens is 292 g/mol. The molecule has 1 heterocycles. The van der Waals surface area contributed by atoms with E-state index in [1.54, 1.807) is 31.3 Å². The van der Waals surface area contributed by atoms with Crippen LogP contribution in [0.3, 0.4) is 0 Å². The molecule has 1 aromatic carbocycles. The number of carbonyl (C=O) groups excluding carboxylic acids is 2. The van der Waals surface area contributed by atoms with Crippen molar-refractivity contribution in [2.24, 2.45) is 0 Å². The number of hydrogen-bond donors (Lipinski definition) is 3. The highest BCUT2D eigenvalue weighted by atomic mass is 35.5. The highest BCUT2D eigenvalue weighted by Gasteiger charge is 2.16. The van der Waals surface area contributed by atoms with Gasteiger partial charge in [-0.25, -0.2) is 4.79 Å². The highest BCUT2D eigenvalue weighted by molar-refractivity contribution is 6.35. The number of nitrogens with one attached hydrogen (secondary N) is 3. The van der Waals surface area contributed by atoms with Crippen molar-refractivity contribution in [2.45, 2.75) is 13.0 Å². The first kappa shape index (κ1) is 15.1. The highest BCUT2D eigenvalue weighted by Crippen LogP contribution is 2.28. The lowest BCUT2D eigenvalue weighted by molar-refractivity contribution is -0.120. The van der Waals surface area contributed by atoms with Crippen molar-refractivity contribution in [2.75, 3.05) is 12.4 Å². The molecule has 3 N–H and O–H groups in total.